The van der Waals surface area contributed by atoms with Crippen LogP contribution in [0.5, 0.6) is 5.75 Å². The summed E-state index contributed by atoms with van der Waals surface area (Å²) in [7, 11) is 1.66. The molecule has 1 fully saturated rings. The van der Waals surface area contributed by atoms with Crippen molar-refractivity contribution < 1.29 is 9.47 Å². The molecule has 0 aliphatic carbocycles. The molecule has 1 aliphatic rings. The highest BCUT2D eigenvalue weighted by atomic mass is 35.5. The van der Waals surface area contributed by atoms with E-state index >= 15 is 0 Å². The van der Waals surface area contributed by atoms with E-state index in [0.717, 1.165) is 55.4 Å². The van der Waals surface area contributed by atoms with Crippen molar-refractivity contribution >= 4 is 22.6 Å². The SMILES string of the molecule is COc1c(C)cnc(CN(CCN2CCOCC2)C(=N)CC(=N)Cl)c1C. The van der Waals surface area contributed by atoms with Gasteiger partial charge in [-0.05, 0) is 13.8 Å². The van der Waals surface area contributed by atoms with Gasteiger partial charge in [-0.25, -0.2) is 0 Å². The van der Waals surface area contributed by atoms with Crippen molar-refractivity contribution in [3.8, 4) is 5.75 Å². The number of morpholine rings is 1. The van der Waals surface area contributed by atoms with Gasteiger partial charge in [-0.1, -0.05) is 11.6 Å². The molecule has 2 N–H and O–H groups in total. The maximum Gasteiger partial charge on any atom is 0.128 e. The predicted molar refractivity (Wildman–Crippen MR) is 104 cm³/mol. The van der Waals surface area contributed by atoms with E-state index in [4.69, 9.17) is 31.9 Å². The van der Waals surface area contributed by atoms with Crippen LogP contribution in [-0.4, -0.2) is 72.3 Å². The first-order chi connectivity index (χ1) is 12.4. The molecule has 0 saturated carbocycles. The van der Waals surface area contributed by atoms with Crippen LogP contribution in [0.2, 0.25) is 0 Å². The van der Waals surface area contributed by atoms with Crippen molar-refractivity contribution in [2.75, 3.05) is 46.5 Å². The number of methoxy groups -OCH3 is 1. The number of nitrogens with one attached hydrogen (secondary N) is 2. The van der Waals surface area contributed by atoms with Gasteiger partial charge < -0.3 is 14.4 Å². The van der Waals surface area contributed by atoms with E-state index in [9.17, 15) is 0 Å². The third kappa shape index (κ3) is 5.65. The van der Waals surface area contributed by atoms with Crippen LogP contribution in [-0.2, 0) is 11.3 Å². The molecule has 2 rings (SSSR count). The standard InChI is InChI=1S/C18H28ClN5O2/c1-13-11-22-15(14(2)18(13)25-3)12-24(17(21)10-16(19)20)5-4-23-6-8-26-9-7-23/h11,20-21H,4-10,12H2,1-3H3. The summed E-state index contributed by atoms with van der Waals surface area (Å²) in [6, 6.07) is 0. The molecule has 26 heavy (non-hydrogen) atoms. The van der Waals surface area contributed by atoms with Gasteiger partial charge >= 0.3 is 0 Å². The largest absolute Gasteiger partial charge is 0.496 e. The van der Waals surface area contributed by atoms with Gasteiger partial charge in [-0.3, -0.25) is 20.7 Å². The Balaban J connectivity index is 2.12. The molecule has 0 amide bonds. The zero-order chi connectivity index (χ0) is 19.1. The highest BCUT2D eigenvalue weighted by Gasteiger charge is 2.18. The average molecular weight is 382 g/mol. The summed E-state index contributed by atoms with van der Waals surface area (Å²) in [5, 5.41) is 15.8. The summed E-state index contributed by atoms with van der Waals surface area (Å²) < 4.78 is 10.9. The van der Waals surface area contributed by atoms with Crippen LogP contribution in [0, 0.1) is 24.7 Å². The molecular formula is C18H28ClN5O2. The van der Waals surface area contributed by atoms with Gasteiger partial charge in [0.2, 0.25) is 0 Å². The lowest BCUT2D eigenvalue weighted by atomic mass is 10.1. The highest BCUT2D eigenvalue weighted by Crippen LogP contribution is 2.25. The van der Waals surface area contributed by atoms with Gasteiger partial charge in [0, 0.05) is 43.5 Å². The summed E-state index contributed by atoms with van der Waals surface area (Å²) >= 11 is 5.72. The predicted octanol–water partition coefficient (Wildman–Crippen LogP) is 2.42. The smallest absolute Gasteiger partial charge is 0.128 e. The normalized spacial score (nSPS) is 14.9. The molecule has 1 aromatic heterocycles. The summed E-state index contributed by atoms with van der Waals surface area (Å²) in [4.78, 5) is 8.81. The molecule has 144 valence electrons. The third-order valence-corrected chi connectivity index (χ3v) is 4.72. The number of nitrogens with zero attached hydrogens (tertiary/aromatic N) is 3. The number of aromatic nitrogens is 1. The Hall–Kier alpha value is -1.70. The van der Waals surface area contributed by atoms with Crippen LogP contribution >= 0.6 is 11.6 Å². The molecule has 7 nitrogen and oxygen atoms in total. The summed E-state index contributed by atoms with van der Waals surface area (Å²) in [5.41, 5.74) is 2.85. The maximum atomic E-state index is 8.35. The Morgan fingerprint density at radius 1 is 1.35 bits per heavy atom. The lowest BCUT2D eigenvalue weighted by molar-refractivity contribution is 0.0356. The van der Waals surface area contributed by atoms with E-state index in [1.54, 1.807) is 13.3 Å². The van der Waals surface area contributed by atoms with Crippen LogP contribution in [0.25, 0.3) is 0 Å². The van der Waals surface area contributed by atoms with Crippen molar-refractivity contribution in [3.05, 3.63) is 23.0 Å². The second kappa shape index (κ2) is 9.85. The van der Waals surface area contributed by atoms with Gasteiger partial charge in [0.1, 0.15) is 16.8 Å². The molecule has 8 heteroatoms. The van der Waals surface area contributed by atoms with E-state index in [2.05, 4.69) is 9.88 Å². The minimum Gasteiger partial charge on any atom is -0.496 e. The molecule has 2 heterocycles. The van der Waals surface area contributed by atoms with E-state index in [-0.39, 0.29) is 11.6 Å². The van der Waals surface area contributed by atoms with Gasteiger partial charge in [0.25, 0.3) is 0 Å². The molecule has 1 saturated heterocycles. The Kier molecular flexibility index (Phi) is 7.81. The van der Waals surface area contributed by atoms with E-state index < -0.39 is 0 Å². The fraction of sp³-hybridized carbons (Fsp3) is 0.611. The number of pyridine rings is 1. The lowest BCUT2D eigenvalue weighted by Crippen LogP contribution is -2.43. The average Bonchev–Trinajstić information content (AvgIpc) is 2.61. The van der Waals surface area contributed by atoms with Crippen LogP contribution in [0.1, 0.15) is 23.2 Å². The molecule has 0 radical (unpaired) electrons. The molecule has 0 unspecified atom stereocenters. The fourth-order valence-corrected chi connectivity index (χ4v) is 3.19. The minimum atomic E-state index is -0.0301. The van der Waals surface area contributed by atoms with Crippen molar-refractivity contribution in [1.29, 1.82) is 10.8 Å². The van der Waals surface area contributed by atoms with E-state index in [1.165, 1.54) is 0 Å². The molecule has 0 atom stereocenters. The zero-order valence-corrected chi connectivity index (χ0v) is 16.5. The Morgan fingerprint density at radius 3 is 2.65 bits per heavy atom. The topological polar surface area (TPSA) is 85.5 Å². The first kappa shape index (κ1) is 20.6. The minimum absolute atomic E-state index is 0.0301. The van der Waals surface area contributed by atoms with E-state index in [1.807, 2.05) is 18.7 Å². The number of hydrogen-bond acceptors (Lipinski definition) is 6. The first-order valence-corrected chi connectivity index (χ1v) is 9.14. The van der Waals surface area contributed by atoms with Crippen LogP contribution < -0.4 is 4.74 Å². The van der Waals surface area contributed by atoms with Crippen LogP contribution in [0.3, 0.4) is 0 Å². The Morgan fingerprint density at radius 2 is 2.04 bits per heavy atom. The summed E-state index contributed by atoms with van der Waals surface area (Å²) in [6.07, 6.45) is 1.93. The number of aryl methyl sites for hydroxylation is 1. The van der Waals surface area contributed by atoms with Gasteiger partial charge in [0.05, 0.1) is 39.0 Å². The third-order valence-electron chi connectivity index (χ3n) is 4.58. The monoisotopic (exact) mass is 381 g/mol. The number of halogens is 1. The van der Waals surface area contributed by atoms with Crippen molar-refractivity contribution in [2.45, 2.75) is 26.8 Å². The number of hydrogen-bond donors (Lipinski definition) is 2. The van der Waals surface area contributed by atoms with Crippen molar-refractivity contribution in [2.24, 2.45) is 0 Å². The molecule has 0 bridgehead atoms. The van der Waals surface area contributed by atoms with Gasteiger partial charge in [-0.15, -0.1) is 0 Å². The molecule has 0 aromatic carbocycles. The summed E-state index contributed by atoms with van der Waals surface area (Å²) in [6.45, 7) is 9.28. The second-order valence-corrected chi connectivity index (χ2v) is 6.91. The van der Waals surface area contributed by atoms with Gasteiger partial charge in [-0.2, -0.15) is 0 Å². The molecule has 1 aromatic rings. The number of rotatable bonds is 8. The quantitative estimate of drug-likeness (QED) is 0.533. The van der Waals surface area contributed by atoms with Crippen LogP contribution in [0.15, 0.2) is 6.20 Å². The lowest BCUT2D eigenvalue weighted by Gasteiger charge is -2.31. The van der Waals surface area contributed by atoms with Gasteiger partial charge in [0.15, 0.2) is 0 Å². The summed E-state index contributed by atoms with van der Waals surface area (Å²) in [5.74, 6) is 1.17. The van der Waals surface area contributed by atoms with E-state index in [0.29, 0.717) is 18.9 Å². The maximum absolute atomic E-state index is 8.35. The first-order valence-electron chi connectivity index (χ1n) is 8.76. The highest BCUT2D eigenvalue weighted by molar-refractivity contribution is 6.65. The zero-order valence-electron chi connectivity index (χ0n) is 15.8. The molecule has 1 aliphatic heterocycles. The van der Waals surface area contributed by atoms with Crippen LogP contribution in [0.4, 0.5) is 0 Å². The van der Waals surface area contributed by atoms with Crippen molar-refractivity contribution in [1.82, 2.24) is 14.8 Å². The molecular weight excluding hydrogens is 354 g/mol. The Labute approximate surface area is 160 Å². The number of amidine groups is 1. The number of ether oxygens (including phenoxy) is 2. The van der Waals surface area contributed by atoms with Crippen molar-refractivity contribution in [3.63, 3.8) is 0 Å². The Bertz CT molecular complexity index is 647. The molecule has 0 spiro atoms. The second-order valence-electron chi connectivity index (χ2n) is 6.45. The fourth-order valence-electron chi connectivity index (χ4n) is 3.07.